The van der Waals surface area contributed by atoms with Gasteiger partial charge in [0.25, 0.3) is 5.91 Å². The third-order valence-electron chi connectivity index (χ3n) is 4.35. The smallest absolute Gasteiger partial charge is 0.316 e. The number of carbonyl (C=O) groups is 2. The summed E-state index contributed by atoms with van der Waals surface area (Å²) in [5, 5.41) is 1.80. The molecule has 0 saturated carbocycles. The van der Waals surface area contributed by atoms with E-state index in [4.69, 9.17) is 4.74 Å². The van der Waals surface area contributed by atoms with Gasteiger partial charge in [-0.2, -0.15) is 0 Å². The van der Waals surface area contributed by atoms with Gasteiger partial charge < -0.3 is 9.64 Å². The molecule has 7 heteroatoms. The zero-order valence-electron chi connectivity index (χ0n) is 16.2. The van der Waals surface area contributed by atoms with E-state index < -0.39 is 5.97 Å². The van der Waals surface area contributed by atoms with Gasteiger partial charge in [0.05, 0.1) is 16.3 Å². The summed E-state index contributed by atoms with van der Waals surface area (Å²) in [7, 11) is 0. The topological polar surface area (TPSA) is 59.5 Å². The second kappa shape index (κ2) is 9.52. The van der Waals surface area contributed by atoms with Gasteiger partial charge in [-0.3, -0.25) is 9.59 Å². The lowest BCUT2D eigenvalue weighted by Crippen LogP contribution is -2.34. The Balaban J connectivity index is 1.54. The van der Waals surface area contributed by atoms with E-state index in [1.165, 1.54) is 40.9 Å². The van der Waals surface area contributed by atoms with Gasteiger partial charge >= 0.3 is 5.97 Å². The summed E-state index contributed by atoms with van der Waals surface area (Å²) in [6.45, 7) is 3.82. The highest BCUT2D eigenvalue weighted by molar-refractivity contribution is 7.99. The average molecular weight is 412 g/mol. The molecule has 0 aliphatic rings. The van der Waals surface area contributed by atoms with Crippen LogP contribution in [-0.2, 0) is 14.3 Å². The van der Waals surface area contributed by atoms with Crippen molar-refractivity contribution in [2.75, 3.05) is 23.8 Å². The Hall–Kier alpha value is -2.93. The predicted octanol–water partition coefficient (Wildman–Crippen LogP) is 4.37. The van der Waals surface area contributed by atoms with E-state index in [2.05, 4.69) is 4.98 Å². The summed E-state index contributed by atoms with van der Waals surface area (Å²) in [4.78, 5) is 30.4. The molecule has 1 heterocycles. The van der Waals surface area contributed by atoms with Crippen molar-refractivity contribution in [1.29, 1.82) is 0 Å². The number of hydrogen-bond donors (Lipinski definition) is 0. The summed E-state index contributed by atoms with van der Waals surface area (Å²) in [6.07, 6.45) is 0. The first-order valence-corrected chi connectivity index (χ1v) is 10.2. The molecule has 2 aromatic carbocycles. The van der Waals surface area contributed by atoms with Crippen LogP contribution in [0.4, 0.5) is 10.1 Å². The van der Waals surface area contributed by atoms with E-state index in [9.17, 15) is 14.0 Å². The number of amides is 1. The number of hydrogen-bond acceptors (Lipinski definition) is 5. The summed E-state index contributed by atoms with van der Waals surface area (Å²) in [6, 6.07) is 15.3. The molecule has 0 radical (unpaired) electrons. The maximum Gasteiger partial charge on any atom is 0.316 e. The highest BCUT2D eigenvalue weighted by Crippen LogP contribution is 2.23. The minimum Gasteiger partial charge on any atom is -0.455 e. The molecular formula is C22H21FN2O3S. The van der Waals surface area contributed by atoms with Crippen LogP contribution in [0.1, 0.15) is 12.5 Å². The van der Waals surface area contributed by atoms with Crippen molar-refractivity contribution in [2.24, 2.45) is 0 Å². The van der Waals surface area contributed by atoms with Crippen molar-refractivity contribution in [1.82, 2.24) is 4.98 Å². The number of esters is 1. The molecule has 1 amide bonds. The fraction of sp³-hybridized carbons (Fsp3) is 0.227. The van der Waals surface area contributed by atoms with Gasteiger partial charge in [-0.15, -0.1) is 0 Å². The van der Waals surface area contributed by atoms with E-state index in [1.807, 2.05) is 37.3 Å². The number of aromatic nitrogens is 1. The van der Waals surface area contributed by atoms with Gasteiger partial charge in [0.15, 0.2) is 6.61 Å². The molecule has 3 rings (SSSR count). The SMILES string of the molecule is CCN(C(=O)COC(=O)CSc1cc(C)c2ccccc2n1)c1ccc(F)cc1. The van der Waals surface area contributed by atoms with Crippen molar-refractivity contribution in [3.05, 3.63) is 66.0 Å². The summed E-state index contributed by atoms with van der Waals surface area (Å²) >= 11 is 1.27. The van der Waals surface area contributed by atoms with E-state index in [1.54, 1.807) is 6.92 Å². The molecule has 0 aliphatic heterocycles. The van der Waals surface area contributed by atoms with Crippen LogP contribution in [0.3, 0.4) is 0 Å². The zero-order chi connectivity index (χ0) is 20.8. The molecule has 3 aromatic rings. The Bertz CT molecular complexity index is 1020. The summed E-state index contributed by atoms with van der Waals surface area (Å²) in [5.41, 5.74) is 2.51. The predicted molar refractivity (Wildman–Crippen MR) is 113 cm³/mol. The molecule has 150 valence electrons. The molecule has 29 heavy (non-hydrogen) atoms. The third kappa shape index (κ3) is 5.32. The first-order valence-electron chi connectivity index (χ1n) is 9.18. The lowest BCUT2D eigenvalue weighted by atomic mass is 10.1. The van der Waals surface area contributed by atoms with E-state index in [0.717, 1.165) is 21.5 Å². The van der Waals surface area contributed by atoms with E-state index in [-0.39, 0.29) is 24.1 Å². The molecule has 5 nitrogen and oxygen atoms in total. The average Bonchev–Trinajstić information content (AvgIpc) is 2.72. The summed E-state index contributed by atoms with van der Waals surface area (Å²) in [5.74, 6) is -1.18. The number of halogens is 1. The standard InChI is InChI=1S/C22H21FN2O3S/c1-3-25(17-10-8-16(23)9-11-17)21(26)13-28-22(27)14-29-20-12-15(2)18-6-4-5-7-19(18)24-20/h4-12H,3,13-14H2,1-2H3. The lowest BCUT2D eigenvalue weighted by molar-refractivity contribution is -0.145. The Morgan fingerprint density at radius 3 is 2.59 bits per heavy atom. The fourth-order valence-corrected chi connectivity index (χ4v) is 3.68. The van der Waals surface area contributed by atoms with Crippen LogP contribution in [0.2, 0.25) is 0 Å². The minimum atomic E-state index is -0.494. The van der Waals surface area contributed by atoms with Crippen LogP contribution in [0.25, 0.3) is 10.9 Å². The molecule has 0 saturated heterocycles. The van der Waals surface area contributed by atoms with Crippen molar-refractivity contribution in [3.63, 3.8) is 0 Å². The van der Waals surface area contributed by atoms with E-state index in [0.29, 0.717) is 12.2 Å². The number of pyridine rings is 1. The van der Waals surface area contributed by atoms with Gasteiger partial charge in [0.2, 0.25) is 0 Å². The number of ether oxygens (including phenoxy) is 1. The van der Waals surface area contributed by atoms with Crippen LogP contribution in [0.15, 0.2) is 59.6 Å². The highest BCUT2D eigenvalue weighted by Gasteiger charge is 2.16. The fourth-order valence-electron chi connectivity index (χ4n) is 2.91. The first kappa shape index (κ1) is 20.8. The van der Waals surface area contributed by atoms with E-state index >= 15 is 0 Å². The zero-order valence-corrected chi connectivity index (χ0v) is 17.0. The number of likely N-dealkylation sites (N-methyl/N-ethyl adjacent to an activating group) is 1. The number of benzene rings is 2. The Kier molecular flexibility index (Phi) is 6.82. The van der Waals surface area contributed by atoms with Crippen molar-refractivity contribution in [3.8, 4) is 0 Å². The number of para-hydroxylation sites is 1. The van der Waals surface area contributed by atoms with Crippen molar-refractivity contribution < 1.29 is 18.7 Å². The first-order chi connectivity index (χ1) is 14.0. The molecule has 0 atom stereocenters. The van der Waals surface area contributed by atoms with Crippen LogP contribution < -0.4 is 4.90 Å². The van der Waals surface area contributed by atoms with Crippen molar-refractivity contribution >= 4 is 40.2 Å². The number of thioether (sulfide) groups is 1. The second-order valence-corrected chi connectivity index (χ2v) is 7.35. The number of nitrogens with zero attached hydrogens (tertiary/aromatic N) is 2. The third-order valence-corrected chi connectivity index (χ3v) is 5.23. The molecule has 0 aliphatic carbocycles. The summed E-state index contributed by atoms with van der Waals surface area (Å²) < 4.78 is 18.2. The van der Waals surface area contributed by atoms with Crippen molar-refractivity contribution in [2.45, 2.75) is 18.9 Å². The molecule has 0 bridgehead atoms. The maximum absolute atomic E-state index is 13.1. The molecule has 1 aromatic heterocycles. The Morgan fingerprint density at radius 1 is 1.14 bits per heavy atom. The van der Waals surface area contributed by atoms with Crippen LogP contribution in [0, 0.1) is 12.7 Å². The number of rotatable bonds is 7. The molecule has 0 N–H and O–H groups in total. The molecule has 0 unspecified atom stereocenters. The van der Waals surface area contributed by atoms with Crippen LogP contribution in [0.5, 0.6) is 0 Å². The number of anilines is 1. The maximum atomic E-state index is 13.1. The van der Waals surface area contributed by atoms with Gasteiger partial charge in [-0.25, -0.2) is 9.37 Å². The Labute approximate surface area is 172 Å². The molecular weight excluding hydrogens is 391 g/mol. The van der Waals surface area contributed by atoms with Gasteiger partial charge in [-0.1, -0.05) is 30.0 Å². The monoisotopic (exact) mass is 412 g/mol. The second-order valence-electron chi connectivity index (χ2n) is 6.36. The molecule has 0 fully saturated rings. The van der Waals surface area contributed by atoms with Gasteiger partial charge in [0, 0.05) is 17.6 Å². The lowest BCUT2D eigenvalue weighted by Gasteiger charge is -2.20. The number of fused-ring (bicyclic) bond motifs is 1. The van der Waals surface area contributed by atoms with Crippen LogP contribution in [-0.4, -0.2) is 35.8 Å². The largest absolute Gasteiger partial charge is 0.455 e. The number of aryl methyl sites for hydroxylation is 1. The van der Waals surface area contributed by atoms with Crippen LogP contribution >= 0.6 is 11.8 Å². The number of carbonyl (C=O) groups excluding carboxylic acids is 2. The van der Waals surface area contributed by atoms with Gasteiger partial charge in [-0.05, 0) is 55.8 Å². The minimum absolute atomic E-state index is 0.0563. The highest BCUT2D eigenvalue weighted by atomic mass is 32.2. The Morgan fingerprint density at radius 2 is 1.86 bits per heavy atom. The van der Waals surface area contributed by atoms with Gasteiger partial charge in [0.1, 0.15) is 5.82 Å². The quantitative estimate of drug-likeness (QED) is 0.426. The normalized spacial score (nSPS) is 10.7. The molecule has 0 spiro atoms.